The van der Waals surface area contributed by atoms with Crippen LogP contribution < -0.4 is 0 Å². The Morgan fingerprint density at radius 1 is 1.07 bits per heavy atom. The van der Waals surface area contributed by atoms with Crippen LogP contribution in [0, 0.1) is 0 Å². The molecular weight excluding hydrogens is 172 g/mol. The Hall–Kier alpha value is -1.34. The zero-order valence-corrected chi connectivity index (χ0v) is 8.11. The van der Waals surface area contributed by atoms with Gasteiger partial charge in [-0.25, -0.2) is 0 Å². The minimum Gasteiger partial charge on any atom is -0.392 e. The van der Waals surface area contributed by atoms with Crippen LogP contribution in [0.25, 0.3) is 5.57 Å². The SMILES string of the molecule is OCc1ccc(C2=CCCC=C2)cc1. The zero-order valence-electron chi connectivity index (χ0n) is 8.11. The molecule has 1 aromatic rings. The molecule has 0 aromatic heterocycles. The Bertz CT molecular complexity index is 357. The molecule has 1 heteroatoms. The molecule has 0 amide bonds. The van der Waals surface area contributed by atoms with Gasteiger partial charge in [-0.1, -0.05) is 42.5 Å². The Kier molecular flexibility index (Phi) is 2.80. The van der Waals surface area contributed by atoms with E-state index in [1.54, 1.807) is 0 Å². The Labute approximate surface area is 84.4 Å². The maximum Gasteiger partial charge on any atom is 0.0681 e. The van der Waals surface area contributed by atoms with E-state index in [9.17, 15) is 0 Å². The predicted molar refractivity (Wildman–Crippen MR) is 58.7 cm³/mol. The van der Waals surface area contributed by atoms with Crippen LogP contribution in [0.1, 0.15) is 24.0 Å². The summed E-state index contributed by atoms with van der Waals surface area (Å²) in [6.07, 6.45) is 8.91. The molecule has 0 atom stereocenters. The normalized spacial score (nSPS) is 15.4. The maximum atomic E-state index is 8.91. The molecule has 0 unspecified atom stereocenters. The van der Waals surface area contributed by atoms with Gasteiger partial charge in [-0.2, -0.15) is 0 Å². The van der Waals surface area contributed by atoms with Gasteiger partial charge in [0.2, 0.25) is 0 Å². The standard InChI is InChI=1S/C13H14O/c14-10-11-6-8-13(9-7-11)12-4-2-1-3-5-12/h2,4-9,14H,1,3,10H2. The van der Waals surface area contributed by atoms with Crippen molar-refractivity contribution in [1.29, 1.82) is 0 Å². The van der Waals surface area contributed by atoms with E-state index in [2.05, 4.69) is 30.4 Å². The summed E-state index contributed by atoms with van der Waals surface area (Å²) in [6.45, 7) is 0.120. The van der Waals surface area contributed by atoms with Crippen molar-refractivity contribution in [3.8, 4) is 0 Å². The van der Waals surface area contributed by atoms with E-state index in [1.807, 2.05) is 12.1 Å². The Morgan fingerprint density at radius 2 is 1.86 bits per heavy atom. The number of hydrogen-bond acceptors (Lipinski definition) is 1. The molecule has 1 aromatic carbocycles. The number of allylic oxidation sites excluding steroid dienone is 4. The molecule has 1 aliphatic carbocycles. The second kappa shape index (κ2) is 4.25. The van der Waals surface area contributed by atoms with Crippen LogP contribution in [0.3, 0.4) is 0 Å². The molecule has 0 heterocycles. The van der Waals surface area contributed by atoms with Crippen molar-refractivity contribution in [2.45, 2.75) is 19.4 Å². The fourth-order valence-corrected chi connectivity index (χ4v) is 1.63. The highest BCUT2D eigenvalue weighted by atomic mass is 16.3. The number of aliphatic hydroxyl groups is 1. The summed E-state index contributed by atoms with van der Waals surface area (Å²) in [6, 6.07) is 8.07. The van der Waals surface area contributed by atoms with Gasteiger partial charge in [0.1, 0.15) is 0 Å². The summed E-state index contributed by atoms with van der Waals surface area (Å²) in [5.74, 6) is 0. The van der Waals surface area contributed by atoms with Gasteiger partial charge in [0.05, 0.1) is 6.61 Å². The van der Waals surface area contributed by atoms with E-state index in [0.717, 1.165) is 18.4 Å². The lowest BCUT2D eigenvalue weighted by atomic mass is 9.99. The van der Waals surface area contributed by atoms with Crippen LogP contribution in [0.5, 0.6) is 0 Å². The molecular formula is C13H14O. The fraction of sp³-hybridized carbons (Fsp3) is 0.231. The monoisotopic (exact) mass is 186 g/mol. The second-order valence-electron chi connectivity index (χ2n) is 3.49. The molecule has 0 fully saturated rings. The summed E-state index contributed by atoms with van der Waals surface area (Å²) in [4.78, 5) is 0. The molecule has 0 bridgehead atoms. The highest BCUT2D eigenvalue weighted by molar-refractivity contribution is 5.74. The van der Waals surface area contributed by atoms with Gasteiger partial charge in [0.25, 0.3) is 0 Å². The average Bonchev–Trinajstić information content (AvgIpc) is 2.30. The van der Waals surface area contributed by atoms with Crippen LogP contribution >= 0.6 is 0 Å². The van der Waals surface area contributed by atoms with Crippen LogP contribution in [0.2, 0.25) is 0 Å². The largest absolute Gasteiger partial charge is 0.392 e. The van der Waals surface area contributed by atoms with Crippen molar-refractivity contribution in [1.82, 2.24) is 0 Å². The second-order valence-corrected chi connectivity index (χ2v) is 3.49. The van der Waals surface area contributed by atoms with Crippen molar-refractivity contribution < 1.29 is 5.11 Å². The Balaban J connectivity index is 2.24. The molecule has 0 saturated carbocycles. The van der Waals surface area contributed by atoms with E-state index >= 15 is 0 Å². The summed E-state index contributed by atoms with van der Waals surface area (Å²) in [7, 11) is 0. The van der Waals surface area contributed by atoms with Gasteiger partial charge >= 0.3 is 0 Å². The molecule has 0 aliphatic heterocycles. The molecule has 0 spiro atoms. The topological polar surface area (TPSA) is 20.2 Å². The van der Waals surface area contributed by atoms with Gasteiger partial charge in [0, 0.05) is 0 Å². The van der Waals surface area contributed by atoms with Crippen molar-refractivity contribution in [2.75, 3.05) is 0 Å². The number of aliphatic hydroxyl groups excluding tert-OH is 1. The van der Waals surface area contributed by atoms with E-state index in [0.29, 0.717) is 0 Å². The Morgan fingerprint density at radius 3 is 2.43 bits per heavy atom. The minimum absolute atomic E-state index is 0.120. The van der Waals surface area contributed by atoms with E-state index in [1.165, 1.54) is 11.1 Å². The number of benzene rings is 1. The van der Waals surface area contributed by atoms with Gasteiger partial charge in [-0.3, -0.25) is 0 Å². The molecule has 1 N–H and O–H groups in total. The zero-order chi connectivity index (χ0) is 9.80. The third kappa shape index (κ3) is 1.94. The molecule has 72 valence electrons. The first-order valence-corrected chi connectivity index (χ1v) is 4.97. The van der Waals surface area contributed by atoms with Gasteiger partial charge < -0.3 is 5.11 Å². The average molecular weight is 186 g/mol. The van der Waals surface area contributed by atoms with Gasteiger partial charge in [-0.15, -0.1) is 0 Å². The maximum absolute atomic E-state index is 8.91. The quantitative estimate of drug-likeness (QED) is 0.753. The minimum atomic E-state index is 0.120. The number of hydrogen-bond donors (Lipinski definition) is 1. The lowest BCUT2D eigenvalue weighted by molar-refractivity contribution is 0.282. The predicted octanol–water partition coefficient (Wildman–Crippen LogP) is 2.91. The molecule has 0 radical (unpaired) electrons. The summed E-state index contributed by atoms with van der Waals surface area (Å²) < 4.78 is 0. The van der Waals surface area contributed by atoms with Crippen molar-refractivity contribution in [2.24, 2.45) is 0 Å². The van der Waals surface area contributed by atoms with Crippen LogP contribution in [-0.2, 0) is 6.61 Å². The first-order chi connectivity index (χ1) is 6.90. The smallest absolute Gasteiger partial charge is 0.0681 e. The van der Waals surface area contributed by atoms with Crippen molar-refractivity contribution in [3.05, 3.63) is 53.6 Å². The van der Waals surface area contributed by atoms with Gasteiger partial charge in [-0.05, 0) is 29.5 Å². The van der Waals surface area contributed by atoms with E-state index in [4.69, 9.17) is 5.11 Å². The van der Waals surface area contributed by atoms with Crippen LogP contribution in [0.4, 0.5) is 0 Å². The van der Waals surface area contributed by atoms with E-state index in [-0.39, 0.29) is 6.61 Å². The molecule has 1 nitrogen and oxygen atoms in total. The molecule has 0 saturated heterocycles. The third-order valence-corrected chi connectivity index (χ3v) is 2.46. The first kappa shape index (κ1) is 9.22. The summed E-state index contributed by atoms with van der Waals surface area (Å²) in [5, 5.41) is 8.91. The van der Waals surface area contributed by atoms with Crippen molar-refractivity contribution >= 4 is 5.57 Å². The highest BCUT2D eigenvalue weighted by Crippen LogP contribution is 2.21. The van der Waals surface area contributed by atoms with Crippen LogP contribution in [-0.4, -0.2) is 5.11 Å². The summed E-state index contributed by atoms with van der Waals surface area (Å²) >= 11 is 0. The van der Waals surface area contributed by atoms with E-state index < -0.39 is 0 Å². The number of rotatable bonds is 2. The first-order valence-electron chi connectivity index (χ1n) is 4.97. The lowest BCUT2D eigenvalue weighted by Gasteiger charge is -2.07. The van der Waals surface area contributed by atoms with Gasteiger partial charge in [0.15, 0.2) is 0 Å². The van der Waals surface area contributed by atoms with Crippen LogP contribution in [0.15, 0.2) is 42.5 Å². The summed E-state index contributed by atoms with van der Waals surface area (Å²) in [5.41, 5.74) is 3.49. The highest BCUT2D eigenvalue weighted by Gasteiger charge is 2.00. The molecule has 2 rings (SSSR count). The fourth-order valence-electron chi connectivity index (χ4n) is 1.63. The molecule has 1 aliphatic rings. The van der Waals surface area contributed by atoms with Crippen molar-refractivity contribution in [3.63, 3.8) is 0 Å². The molecule has 14 heavy (non-hydrogen) atoms. The lowest BCUT2D eigenvalue weighted by Crippen LogP contribution is -1.87. The third-order valence-electron chi connectivity index (χ3n) is 2.46.